The second-order valence-electron chi connectivity index (χ2n) is 4.02. The van der Waals surface area contributed by atoms with Crippen LogP contribution in [0.3, 0.4) is 0 Å². The molecule has 4 nitrogen and oxygen atoms in total. The van der Waals surface area contributed by atoms with Gasteiger partial charge in [0.15, 0.2) is 0 Å². The quantitative estimate of drug-likeness (QED) is 0.683. The summed E-state index contributed by atoms with van der Waals surface area (Å²) in [6.07, 6.45) is 1.61. The first-order valence-electron chi connectivity index (χ1n) is 5.89. The van der Waals surface area contributed by atoms with E-state index in [1.807, 2.05) is 0 Å². The van der Waals surface area contributed by atoms with Crippen LogP contribution in [-0.2, 0) is 0 Å². The largest absolute Gasteiger partial charge is 0.478 e. The standard InChI is InChI=1S/C16H12O4/c1-2-11-6-5-7-12(10-11)16(19)20-14-9-4-3-8-13(14)15(17)18/h2-10H,1H2,(H,17,18). The number of hydrogen-bond acceptors (Lipinski definition) is 3. The van der Waals surface area contributed by atoms with Gasteiger partial charge in [-0.15, -0.1) is 0 Å². The van der Waals surface area contributed by atoms with E-state index >= 15 is 0 Å². The molecule has 4 heteroatoms. The summed E-state index contributed by atoms with van der Waals surface area (Å²) >= 11 is 0. The number of rotatable bonds is 4. The number of para-hydroxylation sites is 1. The van der Waals surface area contributed by atoms with Crippen molar-refractivity contribution in [2.45, 2.75) is 0 Å². The van der Waals surface area contributed by atoms with Crippen LogP contribution < -0.4 is 4.74 Å². The Hall–Kier alpha value is -2.88. The van der Waals surface area contributed by atoms with E-state index in [2.05, 4.69) is 6.58 Å². The van der Waals surface area contributed by atoms with Gasteiger partial charge in [0.05, 0.1) is 5.56 Å². The van der Waals surface area contributed by atoms with Crippen molar-refractivity contribution in [3.63, 3.8) is 0 Å². The Morgan fingerprint density at radius 1 is 1.10 bits per heavy atom. The first-order valence-corrected chi connectivity index (χ1v) is 5.89. The zero-order chi connectivity index (χ0) is 14.5. The highest BCUT2D eigenvalue weighted by Gasteiger charge is 2.15. The van der Waals surface area contributed by atoms with E-state index in [4.69, 9.17) is 9.84 Å². The average molecular weight is 268 g/mol. The molecule has 0 spiro atoms. The number of carboxylic acid groups (broad SMARTS) is 1. The molecule has 0 radical (unpaired) electrons. The van der Waals surface area contributed by atoms with Crippen molar-refractivity contribution in [3.05, 3.63) is 71.8 Å². The lowest BCUT2D eigenvalue weighted by atomic mass is 10.1. The van der Waals surface area contributed by atoms with Crippen LogP contribution in [-0.4, -0.2) is 17.0 Å². The molecular weight excluding hydrogens is 256 g/mol. The first kappa shape index (κ1) is 13.5. The van der Waals surface area contributed by atoms with E-state index in [9.17, 15) is 9.59 Å². The van der Waals surface area contributed by atoms with Crippen molar-refractivity contribution in [1.29, 1.82) is 0 Å². The Bertz CT molecular complexity index is 674. The fourth-order valence-corrected chi connectivity index (χ4v) is 1.68. The Balaban J connectivity index is 2.28. The van der Waals surface area contributed by atoms with Crippen LogP contribution in [0, 0.1) is 0 Å². The van der Waals surface area contributed by atoms with Crippen molar-refractivity contribution >= 4 is 18.0 Å². The molecule has 0 saturated carbocycles. The Labute approximate surface area is 115 Å². The number of carboxylic acids is 1. The van der Waals surface area contributed by atoms with Crippen LogP contribution in [0.2, 0.25) is 0 Å². The van der Waals surface area contributed by atoms with Crippen LogP contribution in [0.1, 0.15) is 26.3 Å². The molecule has 2 aromatic carbocycles. The molecule has 0 aliphatic heterocycles. The van der Waals surface area contributed by atoms with E-state index in [-0.39, 0.29) is 11.3 Å². The molecule has 0 amide bonds. The van der Waals surface area contributed by atoms with Gasteiger partial charge >= 0.3 is 11.9 Å². The lowest BCUT2D eigenvalue weighted by molar-refractivity contribution is 0.0681. The lowest BCUT2D eigenvalue weighted by Crippen LogP contribution is -2.11. The molecule has 0 heterocycles. The zero-order valence-electron chi connectivity index (χ0n) is 10.6. The summed E-state index contributed by atoms with van der Waals surface area (Å²) in [6.45, 7) is 3.62. The molecule has 100 valence electrons. The van der Waals surface area contributed by atoms with Crippen molar-refractivity contribution in [2.75, 3.05) is 0 Å². The molecule has 0 aromatic heterocycles. The van der Waals surface area contributed by atoms with Crippen LogP contribution in [0.25, 0.3) is 6.08 Å². The van der Waals surface area contributed by atoms with Crippen molar-refractivity contribution in [2.24, 2.45) is 0 Å². The van der Waals surface area contributed by atoms with Gasteiger partial charge in [-0.3, -0.25) is 0 Å². The number of benzene rings is 2. The van der Waals surface area contributed by atoms with Gasteiger partial charge in [-0.25, -0.2) is 9.59 Å². The van der Waals surface area contributed by atoms with E-state index < -0.39 is 11.9 Å². The van der Waals surface area contributed by atoms with Gasteiger partial charge in [-0.1, -0.05) is 36.9 Å². The van der Waals surface area contributed by atoms with Crippen LogP contribution in [0.5, 0.6) is 5.75 Å². The van der Waals surface area contributed by atoms with Gasteiger partial charge in [-0.05, 0) is 29.8 Å². The highest BCUT2D eigenvalue weighted by atomic mass is 16.5. The van der Waals surface area contributed by atoms with Crippen LogP contribution >= 0.6 is 0 Å². The topological polar surface area (TPSA) is 63.6 Å². The lowest BCUT2D eigenvalue weighted by Gasteiger charge is -2.07. The molecule has 0 unspecified atom stereocenters. The van der Waals surface area contributed by atoms with Crippen LogP contribution in [0.15, 0.2) is 55.1 Å². The Kier molecular flexibility index (Phi) is 3.96. The SMILES string of the molecule is C=Cc1cccc(C(=O)Oc2ccccc2C(=O)O)c1. The van der Waals surface area contributed by atoms with E-state index in [0.717, 1.165) is 5.56 Å². The third-order valence-corrected chi connectivity index (χ3v) is 2.68. The third-order valence-electron chi connectivity index (χ3n) is 2.68. The molecule has 2 aromatic rings. The second kappa shape index (κ2) is 5.84. The van der Waals surface area contributed by atoms with Crippen molar-refractivity contribution < 1.29 is 19.4 Å². The van der Waals surface area contributed by atoms with Gasteiger partial charge < -0.3 is 9.84 Å². The van der Waals surface area contributed by atoms with Gasteiger partial charge in [0.2, 0.25) is 0 Å². The maximum absolute atomic E-state index is 12.0. The minimum Gasteiger partial charge on any atom is -0.478 e. The molecule has 1 N–H and O–H groups in total. The number of hydrogen-bond donors (Lipinski definition) is 1. The molecule has 0 atom stereocenters. The zero-order valence-corrected chi connectivity index (χ0v) is 10.6. The molecule has 2 rings (SSSR count). The van der Waals surface area contributed by atoms with Gasteiger partial charge in [0.1, 0.15) is 11.3 Å². The smallest absolute Gasteiger partial charge is 0.343 e. The summed E-state index contributed by atoms with van der Waals surface area (Å²) < 4.78 is 5.14. The monoisotopic (exact) mass is 268 g/mol. The minimum atomic E-state index is -1.15. The first-order chi connectivity index (χ1) is 9.61. The number of aromatic carboxylic acids is 1. The van der Waals surface area contributed by atoms with Gasteiger partial charge in [0, 0.05) is 0 Å². The predicted molar refractivity (Wildman–Crippen MR) is 74.9 cm³/mol. The van der Waals surface area contributed by atoms with Gasteiger partial charge in [-0.2, -0.15) is 0 Å². The highest BCUT2D eigenvalue weighted by molar-refractivity contribution is 5.95. The molecule has 0 bridgehead atoms. The van der Waals surface area contributed by atoms with E-state index in [0.29, 0.717) is 5.56 Å². The summed E-state index contributed by atoms with van der Waals surface area (Å²) in [5.74, 6) is -1.73. The van der Waals surface area contributed by atoms with E-state index in [1.165, 1.54) is 12.1 Å². The fourth-order valence-electron chi connectivity index (χ4n) is 1.68. The average Bonchev–Trinajstić information content (AvgIpc) is 2.47. The van der Waals surface area contributed by atoms with Gasteiger partial charge in [0.25, 0.3) is 0 Å². The fraction of sp³-hybridized carbons (Fsp3) is 0. The molecule has 20 heavy (non-hydrogen) atoms. The minimum absolute atomic E-state index is 0.0222. The third kappa shape index (κ3) is 2.92. The molecule has 0 saturated heterocycles. The maximum atomic E-state index is 12.0. The summed E-state index contributed by atoms with van der Waals surface area (Å²) in [6, 6.07) is 12.7. The summed E-state index contributed by atoms with van der Waals surface area (Å²) in [5, 5.41) is 9.03. The maximum Gasteiger partial charge on any atom is 0.343 e. The summed E-state index contributed by atoms with van der Waals surface area (Å²) in [4.78, 5) is 23.0. The van der Waals surface area contributed by atoms with Crippen molar-refractivity contribution in [1.82, 2.24) is 0 Å². The summed E-state index contributed by atoms with van der Waals surface area (Å²) in [5.41, 5.74) is 1.06. The van der Waals surface area contributed by atoms with Crippen molar-refractivity contribution in [3.8, 4) is 5.75 Å². The molecule has 0 fully saturated rings. The normalized spacial score (nSPS) is 9.80. The highest BCUT2D eigenvalue weighted by Crippen LogP contribution is 2.19. The summed E-state index contributed by atoms with van der Waals surface area (Å²) in [7, 11) is 0. The van der Waals surface area contributed by atoms with E-state index in [1.54, 1.807) is 42.5 Å². The second-order valence-corrected chi connectivity index (χ2v) is 4.02. The molecule has 0 aliphatic rings. The molecular formula is C16H12O4. The molecule has 0 aliphatic carbocycles. The Morgan fingerprint density at radius 2 is 1.85 bits per heavy atom. The predicted octanol–water partition coefficient (Wildman–Crippen LogP) is 3.25. The number of ether oxygens (including phenoxy) is 1. The Morgan fingerprint density at radius 3 is 2.55 bits per heavy atom. The number of carbonyl (C=O) groups excluding carboxylic acids is 1. The van der Waals surface area contributed by atoms with Crippen LogP contribution in [0.4, 0.5) is 0 Å². The number of esters is 1. The number of carbonyl (C=O) groups is 2.